The largest absolute Gasteiger partial charge is 0.313 e. The van der Waals surface area contributed by atoms with Gasteiger partial charge >= 0.3 is 0 Å². The summed E-state index contributed by atoms with van der Waals surface area (Å²) in [6.07, 6.45) is 2.09. The Kier molecular flexibility index (Phi) is 3.63. The smallest absolute Gasteiger partial charge is 0.0289 e. The molecule has 0 radical (unpaired) electrons. The molecule has 12 heavy (non-hydrogen) atoms. The lowest BCUT2D eigenvalue weighted by molar-refractivity contribution is 0.652. The summed E-state index contributed by atoms with van der Waals surface area (Å²) in [5, 5.41) is 3.21. The second-order valence-electron chi connectivity index (χ2n) is 2.78. The lowest BCUT2D eigenvalue weighted by atomic mass is 10.1. The summed E-state index contributed by atoms with van der Waals surface area (Å²) in [4.78, 5) is 1.32. The van der Waals surface area contributed by atoms with E-state index in [1.165, 1.54) is 10.5 Å². The van der Waals surface area contributed by atoms with E-state index in [1.54, 1.807) is 11.8 Å². The molecule has 0 saturated heterocycles. The van der Waals surface area contributed by atoms with Gasteiger partial charge in [0.2, 0.25) is 0 Å². The Balaban J connectivity index is 2.77. The average Bonchev–Trinajstić information content (AvgIpc) is 2.17. The maximum atomic E-state index is 3.21. The highest BCUT2D eigenvalue weighted by Gasteiger charge is 2.00. The van der Waals surface area contributed by atoms with Crippen molar-refractivity contribution >= 4 is 11.8 Å². The van der Waals surface area contributed by atoms with Crippen molar-refractivity contribution in [2.45, 2.75) is 17.9 Å². The Morgan fingerprint density at radius 2 is 1.83 bits per heavy atom. The molecule has 1 aromatic rings. The Labute approximate surface area is 78.6 Å². The zero-order valence-corrected chi connectivity index (χ0v) is 8.61. The number of benzene rings is 1. The fourth-order valence-corrected chi connectivity index (χ4v) is 1.47. The van der Waals surface area contributed by atoms with E-state index in [9.17, 15) is 0 Å². The van der Waals surface area contributed by atoms with Crippen molar-refractivity contribution < 1.29 is 0 Å². The third-order valence-corrected chi connectivity index (χ3v) is 2.79. The number of hydrogen-bond donors (Lipinski definition) is 1. The third kappa shape index (κ3) is 2.26. The van der Waals surface area contributed by atoms with E-state index in [0.29, 0.717) is 6.04 Å². The highest BCUT2D eigenvalue weighted by Crippen LogP contribution is 2.18. The van der Waals surface area contributed by atoms with Gasteiger partial charge in [0.25, 0.3) is 0 Å². The lowest BCUT2D eigenvalue weighted by Crippen LogP contribution is -2.11. The fraction of sp³-hybridized carbons (Fsp3) is 0.400. The van der Waals surface area contributed by atoms with Gasteiger partial charge in [-0.3, -0.25) is 0 Å². The summed E-state index contributed by atoms with van der Waals surface area (Å²) in [6.45, 7) is 2.16. The van der Waals surface area contributed by atoms with Crippen LogP contribution in [0.1, 0.15) is 18.5 Å². The molecule has 1 N–H and O–H groups in total. The molecule has 0 aliphatic carbocycles. The standard InChI is InChI=1S/C10H15NS/c1-8(11-2)9-4-6-10(12-3)7-5-9/h4-8,11H,1-3H3/t8-/m1/s1. The minimum absolute atomic E-state index is 0.445. The second-order valence-corrected chi connectivity index (χ2v) is 3.66. The molecule has 66 valence electrons. The quantitative estimate of drug-likeness (QED) is 0.720. The van der Waals surface area contributed by atoms with Crippen molar-refractivity contribution in [3.05, 3.63) is 29.8 Å². The molecular weight excluding hydrogens is 166 g/mol. The first-order valence-electron chi connectivity index (χ1n) is 4.09. The first-order chi connectivity index (χ1) is 5.77. The first kappa shape index (κ1) is 9.62. The summed E-state index contributed by atoms with van der Waals surface area (Å²) < 4.78 is 0. The van der Waals surface area contributed by atoms with Crippen molar-refractivity contribution in [3.8, 4) is 0 Å². The van der Waals surface area contributed by atoms with Gasteiger partial charge in [0.1, 0.15) is 0 Å². The number of rotatable bonds is 3. The van der Waals surface area contributed by atoms with Crippen LogP contribution in [0.2, 0.25) is 0 Å². The van der Waals surface area contributed by atoms with Crippen LogP contribution in [0.25, 0.3) is 0 Å². The molecule has 0 fully saturated rings. The molecule has 0 spiro atoms. The minimum Gasteiger partial charge on any atom is -0.313 e. The maximum absolute atomic E-state index is 3.21. The molecule has 1 nitrogen and oxygen atoms in total. The van der Waals surface area contributed by atoms with Crippen molar-refractivity contribution in [2.24, 2.45) is 0 Å². The van der Waals surface area contributed by atoms with Crippen LogP contribution in [0, 0.1) is 0 Å². The van der Waals surface area contributed by atoms with E-state index >= 15 is 0 Å². The van der Waals surface area contributed by atoms with E-state index in [-0.39, 0.29) is 0 Å². The van der Waals surface area contributed by atoms with E-state index in [4.69, 9.17) is 0 Å². The summed E-state index contributed by atoms with van der Waals surface area (Å²) in [5.74, 6) is 0. The topological polar surface area (TPSA) is 12.0 Å². The summed E-state index contributed by atoms with van der Waals surface area (Å²) in [5.41, 5.74) is 1.34. The minimum atomic E-state index is 0.445. The average molecular weight is 181 g/mol. The van der Waals surface area contributed by atoms with Crippen LogP contribution < -0.4 is 5.32 Å². The van der Waals surface area contributed by atoms with Crippen molar-refractivity contribution in [3.63, 3.8) is 0 Å². The molecule has 0 aromatic heterocycles. The van der Waals surface area contributed by atoms with E-state index < -0.39 is 0 Å². The molecule has 0 unspecified atom stereocenters. The fourth-order valence-electron chi connectivity index (χ4n) is 1.06. The zero-order valence-electron chi connectivity index (χ0n) is 7.79. The Bertz CT molecular complexity index is 230. The molecule has 1 aromatic carbocycles. The summed E-state index contributed by atoms with van der Waals surface area (Å²) in [6, 6.07) is 9.11. The van der Waals surface area contributed by atoms with Gasteiger partial charge in [0, 0.05) is 10.9 Å². The summed E-state index contributed by atoms with van der Waals surface area (Å²) >= 11 is 1.78. The maximum Gasteiger partial charge on any atom is 0.0289 e. The Hall–Kier alpha value is -0.470. The normalized spacial score (nSPS) is 12.9. The van der Waals surface area contributed by atoms with Gasteiger partial charge in [-0.1, -0.05) is 12.1 Å². The van der Waals surface area contributed by atoms with Gasteiger partial charge in [0.05, 0.1) is 0 Å². The van der Waals surface area contributed by atoms with E-state index in [1.807, 2.05) is 7.05 Å². The number of nitrogens with one attached hydrogen (secondary N) is 1. The predicted molar refractivity (Wildman–Crippen MR) is 55.7 cm³/mol. The highest BCUT2D eigenvalue weighted by atomic mass is 32.2. The number of thioether (sulfide) groups is 1. The zero-order chi connectivity index (χ0) is 8.97. The molecule has 0 saturated carbocycles. The van der Waals surface area contributed by atoms with Crippen LogP contribution in [0.15, 0.2) is 29.2 Å². The van der Waals surface area contributed by atoms with Gasteiger partial charge in [-0.2, -0.15) is 0 Å². The predicted octanol–water partition coefficient (Wildman–Crippen LogP) is 2.69. The van der Waals surface area contributed by atoms with Crippen molar-refractivity contribution in [1.29, 1.82) is 0 Å². The van der Waals surface area contributed by atoms with E-state index in [2.05, 4.69) is 42.8 Å². The van der Waals surface area contributed by atoms with Crippen LogP contribution >= 0.6 is 11.8 Å². The van der Waals surface area contributed by atoms with Crippen molar-refractivity contribution in [2.75, 3.05) is 13.3 Å². The van der Waals surface area contributed by atoms with Crippen LogP contribution in [0.3, 0.4) is 0 Å². The van der Waals surface area contributed by atoms with Gasteiger partial charge in [-0.25, -0.2) is 0 Å². The Morgan fingerprint density at radius 1 is 1.25 bits per heavy atom. The Morgan fingerprint density at radius 3 is 2.25 bits per heavy atom. The summed E-state index contributed by atoms with van der Waals surface area (Å²) in [7, 11) is 1.98. The molecule has 0 aliphatic rings. The number of hydrogen-bond acceptors (Lipinski definition) is 2. The molecule has 2 heteroatoms. The van der Waals surface area contributed by atoms with Gasteiger partial charge < -0.3 is 5.32 Å². The van der Waals surface area contributed by atoms with Crippen LogP contribution in [-0.4, -0.2) is 13.3 Å². The van der Waals surface area contributed by atoms with Gasteiger partial charge in [-0.05, 0) is 37.9 Å². The molecule has 0 amide bonds. The van der Waals surface area contributed by atoms with E-state index in [0.717, 1.165) is 0 Å². The molecule has 0 heterocycles. The monoisotopic (exact) mass is 181 g/mol. The second kappa shape index (κ2) is 4.53. The molecule has 0 aliphatic heterocycles. The van der Waals surface area contributed by atoms with Crippen LogP contribution in [0.4, 0.5) is 0 Å². The van der Waals surface area contributed by atoms with Gasteiger partial charge in [-0.15, -0.1) is 11.8 Å². The van der Waals surface area contributed by atoms with Crippen LogP contribution in [-0.2, 0) is 0 Å². The molecule has 1 atom stereocenters. The van der Waals surface area contributed by atoms with Gasteiger partial charge in [0.15, 0.2) is 0 Å². The van der Waals surface area contributed by atoms with Crippen molar-refractivity contribution in [1.82, 2.24) is 5.32 Å². The lowest BCUT2D eigenvalue weighted by Gasteiger charge is -2.10. The SMILES string of the molecule is CN[C@H](C)c1ccc(SC)cc1. The third-order valence-electron chi connectivity index (χ3n) is 2.05. The first-order valence-corrected chi connectivity index (χ1v) is 5.31. The van der Waals surface area contributed by atoms with Crippen LogP contribution in [0.5, 0.6) is 0 Å². The molecular formula is C10H15NS. The molecule has 0 bridgehead atoms. The highest BCUT2D eigenvalue weighted by molar-refractivity contribution is 7.98. The molecule has 1 rings (SSSR count).